The Bertz CT molecular complexity index is 1350. The average molecular weight is 461 g/mol. The van der Waals surface area contributed by atoms with Crippen LogP contribution in [0.3, 0.4) is 0 Å². The van der Waals surface area contributed by atoms with Crippen LogP contribution >= 0.6 is 0 Å². The molecule has 6 heteroatoms. The van der Waals surface area contributed by atoms with E-state index in [0.29, 0.717) is 22.7 Å². The summed E-state index contributed by atoms with van der Waals surface area (Å²) in [7, 11) is 0. The molecule has 0 aliphatic heterocycles. The van der Waals surface area contributed by atoms with E-state index in [9.17, 15) is 14.7 Å². The zero-order chi connectivity index (χ0) is 24.1. The van der Waals surface area contributed by atoms with E-state index in [1.165, 1.54) is 18.6 Å². The van der Waals surface area contributed by atoms with Gasteiger partial charge in [-0.15, -0.1) is 0 Å². The third-order valence-corrected chi connectivity index (χ3v) is 5.92. The maximum absolute atomic E-state index is 12.3. The van der Waals surface area contributed by atoms with Crippen LogP contribution in [-0.2, 0) is 13.0 Å². The minimum atomic E-state index is -1.12. The first kappa shape index (κ1) is 23.4. The van der Waals surface area contributed by atoms with Crippen LogP contribution in [0.5, 0.6) is 5.75 Å². The Hall–Kier alpha value is -3.80. The Morgan fingerprint density at radius 2 is 1.76 bits per heavy atom. The fourth-order valence-corrected chi connectivity index (χ4v) is 4.09. The molecule has 0 bridgehead atoms. The van der Waals surface area contributed by atoms with Gasteiger partial charge < -0.3 is 18.7 Å². The number of furan rings is 1. The summed E-state index contributed by atoms with van der Waals surface area (Å²) in [5.41, 5.74) is 3.48. The average Bonchev–Trinajstić information content (AvgIpc) is 3.21. The Morgan fingerprint density at radius 1 is 0.971 bits per heavy atom. The van der Waals surface area contributed by atoms with Crippen molar-refractivity contribution in [3.63, 3.8) is 0 Å². The number of hydrogen-bond donors (Lipinski definition) is 1. The van der Waals surface area contributed by atoms with Crippen LogP contribution in [0.2, 0.25) is 0 Å². The van der Waals surface area contributed by atoms with Crippen molar-refractivity contribution < 1.29 is 23.5 Å². The lowest BCUT2D eigenvalue weighted by molar-refractivity contribution is 0.0661. The monoisotopic (exact) mass is 460 g/mol. The van der Waals surface area contributed by atoms with Crippen LogP contribution < -0.4 is 10.4 Å². The molecule has 6 nitrogen and oxygen atoms in total. The van der Waals surface area contributed by atoms with E-state index in [0.717, 1.165) is 47.8 Å². The van der Waals surface area contributed by atoms with Crippen molar-refractivity contribution in [1.82, 2.24) is 0 Å². The molecule has 176 valence electrons. The molecule has 2 heterocycles. The third kappa shape index (κ3) is 5.22. The summed E-state index contributed by atoms with van der Waals surface area (Å²) in [5, 5.41) is 10.0. The van der Waals surface area contributed by atoms with Gasteiger partial charge in [0.2, 0.25) is 5.76 Å². The second-order valence-electron chi connectivity index (χ2n) is 8.40. The van der Waals surface area contributed by atoms with Crippen molar-refractivity contribution in [1.29, 1.82) is 0 Å². The van der Waals surface area contributed by atoms with Crippen molar-refractivity contribution in [2.75, 3.05) is 0 Å². The standard InChI is InChI=1S/C28H28O6/c1-3-4-5-7-12-20-13-23-22(19-10-8-6-9-11-19)15-27(29)34-25(23)16-24(20)32-17-21-14-26(28(30)31)33-18(21)2/h6,8-11,13-16H,3-5,7,12,17H2,1-2H3,(H,30,31). The molecule has 0 saturated carbocycles. The van der Waals surface area contributed by atoms with E-state index in [1.54, 1.807) is 13.0 Å². The lowest BCUT2D eigenvalue weighted by Gasteiger charge is -2.14. The molecule has 0 spiro atoms. The van der Waals surface area contributed by atoms with Gasteiger partial charge >= 0.3 is 11.6 Å². The van der Waals surface area contributed by atoms with E-state index < -0.39 is 11.6 Å². The molecule has 34 heavy (non-hydrogen) atoms. The van der Waals surface area contributed by atoms with Gasteiger partial charge in [-0.2, -0.15) is 0 Å². The Balaban J connectivity index is 1.73. The molecule has 0 unspecified atom stereocenters. The normalized spacial score (nSPS) is 11.1. The fourth-order valence-electron chi connectivity index (χ4n) is 4.09. The summed E-state index contributed by atoms with van der Waals surface area (Å²) in [6.07, 6.45) is 5.27. The van der Waals surface area contributed by atoms with E-state index in [-0.39, 0.29) is 12.4 Å². The molecule has 0 aliphatic carbocycles. The number of carboxylic acids is 1. The summed E-state index contributed by atoms with van der Waals surface area (Å²) >= 11 is 0. The van der Waals surface area contributed by atoms with E-state index >= 15 is 0 Å². The highest BCUT2D eigenvalue weighted by molar-refractivity contribution is 5.94. The van der Waals surface area contributed by atoms with Gasteiger partial charge in [-0.1, -0.05) is 56.5 Å². The van der Waals surface area contributed by atoms with Crippen molar-refractivity contribution in [2.45, 2.75) is 52.6 Å². The van der Waals surface area contributed by atoms with Crippen LogP contribution in [0.4, 0.5) is 0 Å². The highest BCUT2D eigenvalue weighted by Crippen LogP contribution is 2.34. The lowest BCUT2D eigenvalue weighted by Crippen LogP contribution is -2.03. The largest absolute Gasteiger partial charge is 0.488 e. The van der Waals surface area contributed by atoms with Crippen LogP contribution in [0.25, 0.3) is 22.1 Å². The second-order valence-corrected chi connectivity index (χ2v) is 8.40. The Labute approximate surface area is 197 Å². The number of unbranched alkanes of at least 4 members (excludes halogenated alkanes) is 3. The first-order valence-electron chi connectivity index (χ1n) is 11.6. The maximum atomic E-state index is 12.3. The molecule has 1 N–H and O–H groups in total. The quantitative estimate of drug-likeness (QED) is 0.208. The number of carboxylic acid groups (broad SMARTS) is 1. The second kappa shape index (κ2) is 10.4. The van der Waals surface area contributed by atoms with Crippen molar-refractivity contribution in [3.05, 3.63) is 87.7 Å². The molecule has 0 radical (unpaired) electrons. The number of aromatic carboxylic acids is 1. The predicted molar refractivity (Wildman–Crippen MR) is 131 cm³/mol. The van der Waals surface area contributed by atoms with Gasteiger partial charge in [-0.3, -0.25) is 0 Å². The zero-order valence-corrected chi connectivity index (χ0v) is 19.4. The third-order valence-electron chi connectivity index (χ3n) is 5.92. The van der Waals surface area contributed by atoms with Crippen LogP contribution in [0.15, 0.2) is 68.2 Å². The topological polar surface area (TPSA) is 89.9 Å². The number of aryl methyl sites for hydroxylation is 2. The first-order chi connectivity index (χ1) is 16.5. The molecule has 0 atom stereocenters. The molecular formula is C28H28O6. The summed E-state index contributed by atoms with van der Waals surface area (Å²) in [4.78, 5) is 23.5. The molecule has 0 amide bonds. The summed E-state index contributed by atoms with van der Waals surface area (Å²) in [6.45, 7) is 4.04. The zero-order valence-electron chi connectivity index (χ0n) is 19.4. The summed E-state index contributed by atoms with van der Waals surface area (Å²) in [6, 6.07) is 16.6. The van der Waals surface area contributed by atoms with Gasteiger partial charge in [0.25, 0.3) is 0 Å². The van der Waals surface area contributed by atoms with E-state index in [2.05, 4.69) is 6.92 Å². The van der Waals surface area contributed by atoms with Gasteiger partial charge in [0.05, 0.1) is 0 Å². The molecule has 4 aromatic rings. The van der Waals surface area contributed by atoms with E-state index in [1.807, 2.05) is 36.4 Å². The first-order valence-corrected chi connectivity index (χ1v) is 11.6. The maximum Gasteiger partial charge on any atom is 0.371 e. The number of hydrogen-bond acceptors (Lipinski definition) is 5. The van der Waals surface area contributed by atoms with Gasteiger partial charge in [0.15, 0.2) is 0 Å². The molecule has 0 fully saturated rings. The molecular weight excluding hydrogens is 432 g/mol. The van der Waals surface area contributed by atoms with E-state index in [4.69, 9.17) is 13.6 Å². The summed E-state index contributed by atoms with van der Waals surface area (Å²) < 4.78 is 17.0. The van der Waals surface area contributed by atoms with Gasteiger partial charge in [-0.25, -0.2) is 9.59 Å². The van der Waals surface area contributed by atoms with Crippen molar-refractivity contribution >= 4 is 16.9 Å². The van der Waals surface area contributed by atoms with Crippen LogP contribution in [0.1, 0.15) is 60.0 Å². The Kier molecular flexibility index (Phi) is 7.16. The van der Waals surface area contributed by atoms with Gasteiger partial charge in [0, 0.05) is 23.1 Å². The predicted octanol–water partition coefficient (Wildman–Crippen LogP) is 6.76. The molecule has 4 rings (SSSR count). The summed E-state index contributed by atoms with van der Waals surface area (Å²) in [5.74, 6) is -0.116. The van der Waals surface area contributed by atoms with Crippen molar-refractivity contribution in [2.24, 2.45) is 0 Å². The molecule has 0 aliphatic rings. The van der Waals surface area contributed by atoms with Gasteiger partial charge in [-0.05, 0) is 48.6 Å². The number of benzene rings is 2. The minimum Gasteiger partial charge on any atom is -0.488 e. The van der Waals surface area contributed by atoms with Crippen molar-refractivity contribution in [3.8, 4) is 16.9 Å². The van der Waals surface area contributed by atoms with Crippen LogP contribution in [0, 0.1) is 6.92 Å². The fraction of sp³-hybridized carbons (Fsp3) is 0.286. The number of fused-ring (bicyclic) bond motifs is 1. The molecule has 2 aromatic heterocycles. The highest BCUT2D eigenvalue weighted by Gasteiger charge is 2.16. The SMILES string of the molecule is CCCCCCc1cc2c(-c3ccccc3)cc(=O)oc2cc1OCc1cc(C(=O)O)oc1C. The lowest BCUT2D eigenvalue weighted by atomic mass is 9.98. The number of rotatable bonds is 10. The number of ether oxygens (including phenoxy) is 1. The van der Waals surface area contributed by atoms with Gasteiger partial charge in [0.1, 0.15) is 23.7 Å². The molecule has 0 saturated heterocycles. The minimum absolute atomic E-state index is 0.118. The Morgan fingerprint density at radius 3 is 2.47 bits per heavy atom. The molecule has 2 aromatic carbocycles. The van der Waals surface area contributed by atoms with Crippen LogP contribution in [-0.4, -0.2) is 11.1 Å². The number of carbonyl (C=O) groups is 1. The highest BCUT2D eigenvalue weighted by atomic mass is 16.5. The smallest absolute Gasteiger partial charge is 0.371 e.